The molecule has 21 heavy (non-hydrogen) atoms. The van der Waals surface area contributed by atoms with E-state index >= 15 is 0 Å². The van der Waals surface area contributed by atoms with Crippen molar-refractivity contribution in [3.8, 4) is 0 Å². The van der Waals surface area contributed by atoms with Crippen LogP contribution in [0.25, 0.3) is 0 Å². The number of urea groups is 1. The number of rotatable bonds is 5. The van der Waals surface area contributed by atoms with Crippen molar-refractivity contribution >= 4 is 11.7 Å². The molecule has 0 saturated carbocycles. The van der Waals surface area contributed by atoms with Crippen LogP contribution in [0.15, 0.2) is 24.3 Å². The number of hydrogen-bond donors (Lipinski definition) is 2. The first kappa shape index (κ1) is 15.8. The summed E-state index contributed by atoms with van der Waals surface area (Å²) < 4.78 is 5.58. The van der Waals surface area contributed by atoms with Gasteiger partial charge in [0.2, 0.25) is 0 Å². The molecule has 0 aromatic heterocycles. The number of hydrogen-bond acceptors (Lipinski definition) is 2. The highest BCUT2D eigenvalue weighted by atomic mass is 16.5. The Hall–Kier alpha value is -1.55. The van der Waals surface area contributed by atoms with Gasteiger partial charge >= 0.3 is 6.03 Å². The summed E-state index contributed by atoms with van der Waals surface area (Å²) in [5, 5.41) is 5.82. The molecule has 0 spiro atoms. The minimum absolute atomic E-state index is 0.0342. The predicted octanol–water partition coefficient (Wildman–Crippen LogP) is 3.89. The van der Waals surface area contributed by atoms with Crippen molar-refractivity contribution in [3.05, 3.63) is 29.8 Å². The number of ether oxygens (including phenoxy) is 1. The highest BCUT2D eigenvalue weighted by Gasteiger charge is 2.23. The van der Waals surface area contributed by atoms with Crippen LogP contribution in [0, 0.1) is 0 Å². The van der Waals surface area contributed by atoms with Crippen molar-refractivity contribution in [1.29, 1.82) is 0 Å². The maximum absolute atomic E-state index is 12.0. The van der Waals surface area contributed by atoms with Gasteiger partial charge in [-0.2, -0.15) is 0 Å². The van der Waals surface area contributed by atoms with E-state index in [9.17, 15) is 4.79 Å². The van der Waals surface area contributed by atoms with Crippen LogP contribution >= 0.6 is 0 Å². The fourth-order valence-corrected chi connectivity index (χ4v) is 2.59. The third-order valence-corrected chi connectivity index (χ3v) is 4.23. The number of amides is 2. The van der Waals surface area contributed by atoms with Crippen LogP contribution in [-0.2, 0) is 4.74 Å². The normalized spacial score (nSPS) is 20.8. The Morgan fingerprint density at radius 2 is 2.05 bits per heavy atom. The molecule has 1 aromatic carbocycles. The monoisotopic (exact) mass is 290 g/mol. The Morgan fingerprint density at radius 1 is 1.33 bits per heavy atom. The molecule has 2 rings (SSSR count). The molecular formula is C17H26N2O2. The van der Waals surface area contributed by atoms with E-state index in [1.165, 1.54) is 5.56 Å². The first-order valence-corrected chi connectivity index (χ1v) is 7.89. The maximum Gasteiger partial charge on any atom is 0.319 e. The summed E-state index contributed by atoms with van der Waals surface area (Å²) in [6, 6.07) is 7.93. The van der Waals surface area contributed by atoms with Crippen LogP contribution in [0.1, 0.15) is 51.5 Å². The Labute approximate surface area is 127 Å². The van der Waals surface area contributed by atoms with Crippen LogP contribution < -0.4 is 10.6 Å². The molecule has 0 aliphatic carbocycles. The average molecular weight is 290 g/mol. The molecule has 0 bridgehead atoms. The molecule has 1 aliphatic rings. The van der Waals surface area contributed by atoms with Crippen LogP contribution in [0.2, 0.25) is 0 Å². The van der Waals surface area contributed by atoms with Gasteiger partial charge in [0.15, 0.2) is 0 Å². The Morgan fingerprint density at radius 3 is 2.62 bits per heavy atom. The molecule has 1 heterocycles. The minimum atomic E-state index is -0.172. The lowest BCUT2D eigenvalue weighted by atomic mass is 9.99. The van der Waals surface area contributed by atoms with Gasteiger partial charge in [-0.25, -0.2) is 4.79 Å². The van der Waals surface area contributed by atoms with E-state index in [0.29, 0.717) is 5.92 Å². The maximum atomic E-state index is 12.0. The van der Waals surface area contributed by atoms with Gasteiger partial charge in [0, 0.05) is 12.3 Å². The van der Waals surface area contributed by atoms with E-state index in [-0.39, 0.29) is 18.2 Å². The third kappa shape index (κ3) is 4.46. The SMILES string of the molecule is CC[C@@H](C)c1ccc(NC(=O)N[C@H](C)[C@@H]2CCCO2)cc1. The van der Waals surface area contributed by atoms with Crippen molar-refractivity contribution in [2.24, 2.45) is 0 Å². The quantitative estimate of drug-likeness (QED) is 0.864. The molecule has 2 N–H and O–H groups in total. The molecule has 1 aliphatic heterocycles. The zero-order valence-corrected chi connectivity index (χ0v) is 13.2. The predicted molar refractivity (Wildman–Crippen MR) is 85.7 cm³/mol. The summed E-state index contributed by atoms with van der Waals surface area (Å²) in [4.78, 5) is 12.0. The molecule has 4 nitrogen and oxygen atoms in total. The third-order valence-electron chi connectivity index (χ3n) is 4.23. The lowest BCUT2D eigenvalue weighted by Gasteiger charge is -2.20. The van der Waals surface area contributed by atoms with E-state index in [4.69, 9.17) is 4.74 Å². The van der Waals surface area contributed by atoms with Gasteiger partial charge in [-0.15, -0.1) is 0 Å². The number of nitrogens with one attached hydrogen (secondary N) is 2. The van der Waals surface area contributed by atoms with Gasteiger partial charge in [0.05, 0.1) is 12.1 Å². The van der Waals surface area contributed by atoms with Crippen molar-refractivity contribution in [3.63, 3.8) is 0 Å². The van der Waals surface area contributed by atoms with Crippen molar-refractivity contribution in [1.82, 2.24) is 5.32 Å². The molecule has 0 unspecified atom stereocenters. The van der Waals surface area contributed by atoms with E-state index in [0.717, 1.165) is 31.6 Å². The van der Waals surface area contributed by atoms with Crippen molar-refractivity contribution in [2.75, 3.05) is 11.9 Å². The van der Waals surface area contributed by atoms with E-state index < -0.39 is 0 Å². The van der Waals surface area contributed by atoms with Crippen LogP contribution in [0.5, 0.6) is 0 Å². The zero-order valence-electron chi connectivity index (χ0n) is 13.2. The Bertz CT molecular complexity index is 452. The lowest BCUT2D eigenvalue weighted by Crippen LogP contribution is -2.42. The first-order chi connectivity index (χ1) is 10.1. The fraction of sp³-hybridized carbons (Fsp3) is 0.588. The summed E-state index contributed by atoms with van der Waals surface area (Å²) in [5.74, 6) is 0.549. The van der Waals surface area contributed by atoms with Gasteiger partial charge in [-0.05, 0) is 49.8 Å². The molecule has 116 valence electrons. The molecule has 4 heteroatoms. The summed E-state index contributed by atoms with van der Waals surface area (Å²) in [5.41, 5.74) is 2.12. The molecule has 2 amide bonds. The van der Waals surface area contributed by atoms with E-state index in [1.807, 2.05) is 19.1 Å². The summed E-state index contributed by atoms with van der Waals surface area (Å²) in [6.07, 6.45) is 3.36. The van der Waals surface area contributed by atoms with Crippen LogP contribution in [-0.4, -0.2) is 24.8 Å². The largest absolute Gasteiger partial charge is 0.376 e. The van der Waals surface area contributed by atoms with Crippen LogP contribution in [0.3, 0.4) is 0 Å². The standard InChI is InChI=1S/C17H26N2O2/c1-4-12(2)14-7-9-15(10-8-14)19-17(20)18-13(3)16-6-5-11-21-16/h7-10,12-13,16H,4-6,11H2,1-3H3,(H2,18,19,20)/t12-,13-,16+/m1/s1. The highest BCUT2D eigenvalue weighted by Crippen LogP contribution is 2.20. The molecule has 1 saturated heterocycles. The second kappa shape index (κ2) is 7.46. The van der Waals surface area contributed by atoms with E-state index in [2.05, 4.69) is 36.6 Å². The fourth-order valence-electron chi connectivity index (χ4n) is 2.59. The summed E-state index contributed by atoms with van der Waals surface area (Å²) in [6.45, 7) is 7.17. The highest BCUT2D eigenvalue weighted by molar-refractivity contribution is 5.89. The number of carbonyl (C=O) groups is 1. The first-order valence-electron chi connectivity index (χ1n) is 7.89. The smallest absolute Gasteiger partial charge is 0.319 e. The second-order valence-corrected chi connectivity index (χ2v) is 5.87. The van der Waals surface area contributed by atoms with Gasteiger partial charge in [-0.3, -0.25) is 0 Å². The summed E-state index contributed by atoms with van der Waals surface area (Å²) in [7, 11) is 0. The zero-order chi connectivity index (χ0) is 15.2. The molecule has 3 atom stereocenters. The van der Waals surface area contributed by atoms with Gasteiger partial charge in [-0.1, -0.05) is 26.0 Å². The Balaban J connectivity index is 1.84. The minimum Gasteiger partial charge on any atom is -0.376 e. The van der Waals surface area contributed by atoms with Gasteiger partial charge in [0.25, 0.3) is 0 Å². The van der Waals surface area contributed by atoms with Gasteiger partial charge < -0.3 is 15.4 Å². The van der Waals surface area contributed by atoms with Crippen molar-refractivity contribution in [2.45, 2.75) is 58.1 Å². The van der Waals surface area contributed by atoms with Gasteiger partial charge in [0.1, 0.15) is 0 Å². The molecule has 0 radical (unpaired) electrons. The molecule has 1 fully saturated rings. The van der Waals surface area contributed by atoms with Crippen LogP contribution in [0.4, 0.5) is 10.5 Å². The van der Waals surface area contributed by atoms with Crippen molar-refractivity contribution < 1.29 is 9.53 Å². The summed E-state index contributed by atoms with van der Waals surface area (Å²) >= 11 is 0. The number of carbonyl (C=O) groups excluding carboxylic acids is 1. The van der Waals surface area contributed by atoms with E-state index in [1.54, 1.807) is 0 Å². The topological polar surface area (TPSA) is 50.4 Å². The molecule has 1 aromatic rings. The Kier molecular flexibility index (Phi) is 5.62. The lowest BCUT2D eigenvalue weighted by molar-refractivity contribution is 0.0868. The average Bonchev–Trinajstić information content (AvgIpc) is 3.01. The second-order valence-electron chi connectivity index (χ2n) is 5.87. The number of benzene rings is 1. The molecular weight excluding hydrogens is 264 g/mol. The number of anilines is 1.